The lowest BCUT2D eigenvalue weighted by molar-refractivity contribution is 0.125. The van der Waals surface area contributed by atoms with Crippen molar-refractivity contribution in [2.75, 3.05) is 34.3 Å². The second-order valence-corrected chi connectivity index (χ2v) is 7.80. The molecule has 7 heteroatoms. The van der Waals surface area contributed by atoms with Crippen LogP contribution in [-0.2, 0) is 6.54 Å². The van der Waals surface area contributed by atoms with E-state index in [1.807, 2.05) is 23.5 Å². The van der Waals surface area contributed by atoms with Crippen LogP contribution in [-0.4, -0.2) is 50.1 Å². The Labute approximate surface area is 165 Å². The number of aliphatic imine (C=N–C) groups is 1. The first kappa shape index (κ1) is 19.6. The first-order valence-corrected chi connectivity index (χ1v) is 10.3. The molecule has 1 aliphatic rings. The molecule has 0 bridgehead atoms. The topological polar surface area (TPSA) is 61.8 Å². The maximum absolute atomic E-state index is 5.32. The monoisotopic (exact) mass is 387 g/mol. The van der Waals surface area contributed by atoms with Gasteiger partial charge in [0.1, 0.15) is 0 Å². The number of nitrogens with one attached hydrogen (secondary N) is 2. The van der Waals surface area contributed by atoms with Crippen LogP contribution in [0.3, 0.4) is 0 Å². The van der Waals surface area contributed by atoms with E-state index in [-0.39, 0.29) is 0 Å². The van der Waals surface area contributed by atoms with Crippen LogP contribution < -0.4 is 15.4 Å². The number of likely N-dealkylation sites (tertiary alicyclic amines) is 1. The van der Waals surface area contributed by atoms with Crippen molar-refractivity contribution in [2.24, 2.45) is 10.9 Å². The minimum Gasteiger partial charge on any atom is -0.481 e. The van der Waals surface area contributed by atoms with Crippen LogP contribution in [0.25, 0.3) is 0 Å². The zero-order valence-corrected chi connectivity index (χ0v) is 17.1. The Kier molecular flexibility index (Phi) is 7.06. The number of pyridine rings is 1. The number of aromatic nitrogens is 1. The van der Waals surface area contributed by atoms with Crippen molar-refractivity contribution in [3.63, 3.8) is 0 Å². The summed E-state index contributed by atoms with van der Waals surface area (Å²) in [5.74, 6) is 2.01. The van der Waals surface area contributed by atoms with E-state index in [1.165, 1.54) is 17.7 Å². The highest BCUT2D eigenvalue weighted by Crippen LogP contribution is 2.36. The number of nitrogens with zero attached hydrogens (tertiary/aromatic N) is 3. The van der Waals surface area contributed by atoms with E-state index in [2.05, 4.69) is 50.1 Å². The zero-order valence-electron chi connectivity index (χ0n) is 16.3. The molecule has 146 valence electrons. The number of piperidine rings is 1. The number of hydrogen-bond donors (Lipinski definition) is 2. The van der Waals surface area contributed by atoms with Crippen molar-refractivity contribution in [1.82, 2.24) is 20.5 Å². The number of rotatable bonds is 6. The molecule has 0 saturated carbocycles. The van der Waals surface area contributed by atoms with E-state index in [1.54, 1.807) is 20.4 Å². The summed E-state index contributed by atoms with van der Waals surface area (Å²) in [6.45, 7) is 2.68. The normalized spacial score (nSPS) is 21.1. The molecule has 2 unspecified atom stereocenters. The number of methoxy groups -OCH3 is 1. The molecule has 2 aromatic rings. The molecule has 0 radical (unpaired) electrons. The second kappa shape index (κ2) is 9.71. The fourth-order valence-electron chi connectivity index (χ4n) is 3.75. The predicted octanol–water partition coefficient (Wildman–Crippen LogP) is 2.90. The van der Waals surface area contributed by atoms with Crippen LogP contribution in [0.2, 0.25) is 0 Å². The highest BCUT2D eigenvalue weighted by molar-refractivity contribution is 7.10. The SMILES string of the molecule is CN=C(NCc1cccnc1OC)NCC1CCCN(C)C1c1cccs1. The Morgan fingerprint density at radius 1 is 1.37 bits per heavy atom. The van der Waals surface area contributed by atoms with Gasteiger partial charge >= 0.3 is 0 Å². The van der Waals surface area contributed by atoms with Crippen LogP contribution in [0, 0.1) is 5.92 Å². The van der Waals surface area contributed by atoms with E-state index >= 15 is 0 Å². The van der Waals surface area contributed by atoms with Gasteiger partial charge in [-0.2, -0.15) is 0 Å². The van der Waals surface area contributed by atoms with Crippen LogP contribution >= 0.6 is 11.3 Å². The quantitative estimate of drug-likeness (QED) is 0.589. The van der Waals surface area contributed by atoms with Crippen molar-refractivity contribution in [2.45, 2.75) is 25.4 Å². The number of guanidine groups is 1. The van der Waals surface area contributed by atoms with Crippen LogP contribution in [0.1, 0.15) is 29.3 Å². The van der Waals surface area contributed by atoms with Crippen molar-refractivity contribution >= 4 is 17.3 Å². The molecule has 27 heavy (non-hydrogen) atoms. The summed E-state index contributed by atoms with van der Waals surface area (Å²) in [6, 6.07) is 8.80. The number of hydrogen-bond acceptors (Lipinski definition) is 5. The fraction of sp³-hybridized carbons (Fsp3) is 0.500. The molecule has 0 aromatic carbocycles. The molecule has 2 atom stereocenters. The Balaban J connectivity index is 1.58. The lowest BCUT2D eigenvalue weighted by atomic mass is 9.88. The fourth-order valence-corrected chi connectivity index (χ4v) is 4.74. The molecule has 0 spiro atoms. The first-order valence-electron chi connectivity index (χ1n) is 9.39. The molecule has 6 nitrogen and oxygen atoms in total. The summed E-state index contributed by atoms with van der Waals surface area (Å²) in [5, 5.41) is 9.05. The predicted molar refractivity (Wildman–Crippen MR) is 111 cm³/mol. The smallest absolute Gasteiger partial charge is 0.218 e. The minimum absolute atomic E-state index is 0.475. The molecule has 1 aliphatic heterocycles. The highest BCUT2D eigenvalue weighted by atomic mass is 32.1. The number of thiophene rings is 1. The summed E-state index contributed by atoms with van der Waals surface area (Å²) in [4.78, 5) is 12.5. The third-order valence-electron chi connectivity index (χ3n) is 5.09. The van der Waals surface area contributed by atoms with E-state index in [9.17, 15) is 0 Å². The molecular formula is C20H29N5OS. The molecule has 1 fully saturated rings. The Morgan fingerprint density at radius 2 is 2.26 bits per heavy atom. The van der Waals surface area contributed by atoms with Crippen molar-refractivity contribution in [1.29, 1.82) is 0 Å². The summed E-state index contributed by atoms with van der Waals surface area (Å²) >= 11 is 1.85. The summed E-state index contributed by atoms with van der Waals surface area (Å²) in [6.07, 6.45) is 4.21. The van der Waals surface area contributed by atoms with Gasteiger partial charge in [-0.05, 0) is 49.9 Å². The van der Waals surface area contributed by atoms with E-state index in [4.69, 9.17) is 4.74 Å². The average molecular weight is 388 g/mol. The van der Waals surface area contributed by atoms with Crippen molar-refractivity contribution < 1.29 is 4.74 Å². The average Bonchev–Trinajstić information content (AvgIpc) is 3.22. The van der Waals surface area contributed by atoms with Crippen LogP contribution in [0.5, 0.6) is 5.88 Å². The van der Waals surface area contributed by atoms with Crippen LogP contribution in [0.4, 0.5) is 0 Å². The highest BCUT2D eigenvalue weighted by Gasteiger charge is 2.31. The van der Waals surface area contributed by atoms with Gasteiger partial charge in [-0.1, -0.05) is 12.1 Å². The molecule has 1 saturated heterocycles. The summed E-state index contributed by atoms with van der Waals surface area (Å²) in [7, 11) is 5.68. The lowest BCUT2D eigenvalue weighted by Crippen LogP contribution is -2.44. The summed E-state index contributed by atoms with van der Waals surface area (Å²) in [5.41, 5.74) is 1.01. The third kappa shape index (κ3) is 4.99. The van der Waals surface area contributed by atoms with E-state index in [0.29, 0.717) is 24.4 Å². The van der Waals surface area contributed by atoms with Crippen molar-refractivity contribution in [3.05, 3.63) is 46.3 Å². The second-order valence-electron chi connectivity index (χ2n) is 6.82. The molecular weight excluding hydrogens is 358 g/mol. The maximum Gasteiger partial charge on any atom is 0.218 e. The van der Waals surface area contributed by atoms with Gasteiger partial charge in [0.25, 0.3) is 0 Å². The van der Waals surface area contributed by atoms with Gasteiger partial charge in [-0.25, -0.2) is 4.98 Å². The van der Waals surface area contributed by atoms with E-state index < -0.39 is 0 Å². The van der Waals surface area contributed by atoms with Gasteiger partial charge in [-0.3, -0.25) is 9.89 Å². The minimum atomic E-state index is 0.475. The Bertz CT molecular complexity index is 734. The molecule has 0 amide bonds. The largest absolute Gasteiger partial charge is 0.481 e. The van der Waals surface area contributed by atoms with Gasteiger partial charge < -0.3 is 15.4 Å². The number of ether oxygens (including phenoxy) is 1. The summed E-state index contributed by atoms with van der Waals surface area (Å²) < 4.78 is 5.32. The van der Waals surface area contributed by atoms with Gasteiger partial charge in [0.15, 0.2) is 5.96 Å². The third-order valence-corrected chi connectivity index (χ3v) is 6.03. The Hall–Kier alpha value is -2.12. The maximum atomic E-state index is 5.32. The lowest BCUT2D eigenvalue weighted by Gasteiger charge is -2.39. The standard InChI is InChI=1S/C20H29N5OS/c1-21-20(24-14-16-7-4-10-22-19(16)26-3)23-13-15-8-5-11-25(2)18(15)17-9-6-12-27-17/h4,6-7,9-10,12,15,18H,5,8,11,13-14H2,1-3H3,(H2,21,23,24). The molecule has 0 aliphatic carbocycles. The van der Waals surface area contributed by atoms with E-state index in [0.717, 1.165) is 24.6 Å². The molecule has 2 N–H and O–H groups in total. The Morgan fingerprint density at radius 3 is 3.00 bits per heavy atom. The first-order chi connectivity index (χ1) is 13.2. The van der Waals surface area contributed by atoms with Gasteiger partial charge in [0, 0.05) is 42.8 Å². The van der Waals surface area contributed by atoms with Crippen molar-refractivity contribution in [3.8, 4) is 5.88 Å². The van der Waals surface area contributed by atoms with Gasteiger partial charge in [0.2, 0.25) is 5.88 Å². The van der Waals surface area contributed by atoms with Crippen LogP contribution in [0.15, 0.2) is 40.8 Å². The van der Waals surface area contributed by atoms with Gasteiger partial charge in [-0.15, -0.1) is 11.3 Å². The molecule has 3 rings (SSSR count). The molecule has 3 heterocycles. The zero-order chi connectivity index (χ0) is 19.1. The molecule has 2 aromatic heterocycles. The van der Waals surface area contributed by atoms with Gasteiger partial charge in [0.05, 0.1) is 7.11 Å².